The number of carbonyl (C=O) groups is 1. The van der Waals surface area contributed by atoms with Crippen molar-refractivity contribution in [2.45, 2.75) is 4.90 Å². The number of hydrogen-bond acceptors (Lipinski definition) is 9. The number of pyridine rings is 2. The summed E-state index contributed by atoms with van der Waals surface area (Å²) in [6.07, 6.45) is 2.93. The lowest BCUT2D eigenvalue weighted by Crippen LogP contribution is -2.32. The summed E-state index contributed by atoms with van der Waals surface area (Å²) in [5.41, 5.74) is 1.88. The van der Waals surface area contributed by atoms with Crippen LogP contribution in [-0.2, 0) is 14.8 Å². The molecule has 0 aliphatic rings. The highest BCUT2D eigenvalue weighted by molar-refractivity contribution is 7.92. The van der Waals surface area contributed by atoms with Gasteiger partial charge in [-0.2, -0.15) is 0 Å². The molecule has 0 aliphatic carbocycles. The molecule has 0 fully saturated rings. The maximum Gasteiger partial charge on any atom is 0.264 e. The standard InChI is InChI=1S/C27H27F2N5O6S/c1-34(8-9-35)15-25(36)32-23-14-30-21-6-4-16(10-19(21)26(23)39-2)17-11-22(27(40-3)31-13-17)33-41(37,38)24-7-5-18(28)12-20(24)29/h4-7,10-14,33,35H,8-9,15H2,1-3H3,(H,32,36). The molecule has 0 bridgehead atoms. The Morgan fingerprint density at radius 2 is 1.78 bits per heavy atom. The number of methoxy groups -OCH3 is 2. The predicted octanol–water partition coefficient (Wildman–Crippen LogP) is 3.26. The minimum Gasteiger partial charge on any atom is -0.494 e. The second-order valence-electron chi connectivity index (χ2n) is 8.91. The number of likely N-dealkylation sites (N-methyl/N-ethyl adjacent to an activating group) is 1. The summed E-state index contributed by atoms with van der Waals surface area (Å²) in [5, 5.41) is 12.4. The van der Waals surface area contributed by atoms with Crippen LogP contribution in [0, 0.1) is 11.6 Å². The van der Waals surface area contributed by atoms with E-state index in [4.69, 9.17) is 14.6 Å². The SMILES string of the molecule is COc1ncc(-c2ccc3ncc(NC(=O)CN(C)CCO)c(OC)c3c2)cc1NS(=O)(=O)c1ccc(F)cc1F. The number of fused-ring (bicyclic) bond motifs is 1. The van der Waals surface area contributed by atoms with Gasteiger partial charge in [-0.15, -0.1) is 0 Å². The van der Waals surface area contributed by atoms with Gasteiger partial charge in [0.05, 0.1) is 39.1 Å². The summed E-state index contributed by atoms with van der Waals surface area (Å²) in [5.74, 6) is -2.22. The number of hydrogen-bond donors (Lipinski definition) is 3. The molecule has 4 rings (SSSR count). The van der Waals surface area contributed by atoms with Crippen LogP contribution in [0.1, 0.15) is 0 Å². The molecule has 0 saturated carbocycles. The molecule has 14 heteroatoms. The second kappa shape index (κ2) is 12.4. The third-order valence-electron chi connectivity index (χ3n) is 6.00. The van der Waals surface area contributed by atoms with Gasteiger partial charge in [-0.25, -0.2) is 22.2 Å². The van der Waals surface area contributed by atoms with Crippen molar-refractivity contribution in [3.8, 4) is 22.8 Å². The van der Waals surface area contributed by atoms with Crippen LogP contribution in [0.4, 0.5) is 20.2 Å². The first-order valence-corrected chi connectivity index (χ1v) is 13.6. The average Bonchev–Trinajstić information content (AvgIpc) is 2.92. The zero-order valence-electron chi connectivity index (χ0n) is 22.3. The van der Waals surface area contributed by atoms with E-state index in [0.717, 1.165) is 12.1 Å². The van der Waals surface area contributed by atoms with Gasteiger partial charge in [0.25, 0.3) is 10.0 Å². The van der Waals surface area contributed by atoms with Gasteiger partial charge in [-0.05, 0) is 42.9 Å². The molecule has 2 aromatic carbocycles. The fourth-order valence-corrected chi connectivity index (χ4v) is 5.19. The van der Waals surface area contributed by atoms with Gasteiger partial charge in [0.15, 0.2) is 5.75 Å². The van der Waals surface area contributed by atoms with Crippen LogP contribution in [-0.4, -0.2) is 75.3 Å². The third kappa shape index (κ3) is 6.67. The minimum absolute atomic E-state index is 0.0415. The monoisotopic (exact) mass is 587 g/mol. The molecule has 0 radical (unpaired) electrons. The predicted molar refractivity (Wildman–Crippen MR) is 148 cm³/mol. The van der Waals surface area contributed by atoms with E-state index in [-0.39, 0.29) is 30.6 Å². The Hall–Kier alpha value is -4.40. The maximum absolute atomic E-state index is 14.2. The molecule has 2 aromatic heterocycles. The molecule has 1 amide bonds. The van der Waals surface area contributed by atoms with Crippen LogP contribution < -0.4 is 19.5 Å². The van der Waals surface area contributed by atoms with Crippen molar-refractivity contribution in [2.24, 2.45) is 0 Å². The molecule has 11 nitrogen and oxygen atoms in total. The van der Waals surface area contributed by atoms with Crippen molar-refractivity contribution in [1.82, 2.24) is 14.9 Å². The number of nitrogens with one attached hydrogen (secondary N) is 2. The molecule has 3 N–H and O–H groups in total. The van der Waals surface area contributed by atoms with E-state index < -0.39 is 26.6 Å². The van der Waals surface area contributed by atoms with Crippen LogP contribution in [0.5, 0.6) is 11.6 Å². The second-order valence-corrected chi connectivity index (χ2v) is 10.6. The highest BCUT2D eigenvalue weighted by Gasteiger charge is 2.22. The zero-order valence-corrected chi connectivity index (χ0v) is 23.1. The summed E-state index contributed by atoms with van der Waals surface area (Å²) < 4.78 is 66.4. The molecule has 4 aromatic rings. The van der Waals surface area contributed by atoms with Crippen molar-refractivity contribution in [3.63, 3.8) is 0 Å². The van der Waals surface area contributed by atoms with Crippen LogP contribution >= 0.6 is 0 Å². The number of sulfonamides is 1. The molecule has 0 saturated heterocycles. The lowest BCUT2D eigenvalue weighted by molar-refractivity contribution is -0.117. The molecule has 2 heterocycles. The average molecular weight is 588 g/mol. The number of benzene rings is 2. The molecule has 0 atom stereocenters. The van der Waals surface area contributed by atoms with E-state index in [0.29, 0.717) is 46.1 Å². The fourth-order valence-electron chi connectivity index (χ4n) is 4.08. The largest absolute Gasteiger partial charge is 0.494 e. The van der Waals surface area contributed by atoms with Gasteiger partial charge >= 0.3 is 0 Å². The number of rotatable bonds is 11. The van der Waals surface area contributed by atoms with Crippen molar-refractivity contribution < 1.29 is 36.6 Å². The van der Waals surface area contributed by atoms with E-state index in [2.05, 4.69) is 20.0 Å². The summed E-state index contributed by atoms with van der Waals surface area (Å²) in [6.45, 7) is 0.288. The Morgan fingerprint density at radius 1 is 1.00 bits per heavy atom. The van der Waals surface area contributed by atoms with Crippen molar-refractivity contribution in [2.75, 3.05) is 51.0 Å². The van der Waals surface area contributed by atoms with E-state index in [1.54, 1.807) is 30.1 Å². The quantitative estimate of drug-likeness (QED) is 0.241. The molecular formula is C27H27F2N5O6S. The minimum atomic E-state index is -4.47. The molecule has 41 heavy (non-hydrogen) atoms. The van der Waals surface area contributed by atoms with Gasteiger partial charge in [-0.3, -0.25) is 19.4 Å². The van der Waals surface area contributed by atoms with Crippen molar-refractivity contribution >= 4 is 38.2 Å². The van der Waals surface area contributed by atoms with Gasteiger partial charge < -0.3 is 19.9 Å². The first-order chi connectivity index (χ1) is 19.6. The lowest BCUT2D eigenvalue weighted by Gasteiger charge is -2.17. The molecular weight excluding hydrogens is 560 g/mol. The Morgan fingerprint density at radius 3 is 2.46 bits per heavy atom. The first-order valence-electron chi connectivity index (χ1n) is 12.1. The Bertz CT molecular complexity index is 1700. The number of aliphatic hydroxyl groups is 1. The van der Waals surface area contributed by atoms with Crippen LogP contribution in [0.25, 0.3) is 22.0 Å². The zero-order chi connectivity index (χ0) is 29.7. The number of aliphatic hydroxyl groups excluding tert-OH is 1. The van der Waals surface area contributed by atoms with Crippen molar-refractivity contribution in [1.29, 1.82) is 0 Å². The summed E-state index contributed by atoms with van der Waals surface area (Å²) in [6, 6.07) is 8.77. The number of ether oxygens (including phenoxy) is 2. The number of anilines is 2. The van der Waals surface area contributed by atoms with Gasteiger partial charge in [0.1, 0.15) is 27.9 Å². The summed E-state index contributed by atoms with van der Waals surface area (Å²) in [7, 11) is -0.0231. The fraction of sp³-hybridized carbons (Fsp3) is 0.222. The van der Waals surface area contributed by atoms with Crippen LogP contribution in [0.2, 0.25) is 0 Å². The smallest absolute Gasteiger partial charge is 0.264 e. The highest BCUT2D eigenvalue weighted by Crippen LogP contribution is 2.36. The number of amides is 1. The molecule has 0 unspecified atom stereocenters. The molecule has 0 spiro atoms. The van der Waals surface area contributed by atoms with Gasteiger partial charge in [0.2, 0.25) is 11.8 Å². The number of halogens is 2. The van der Waals surface area contributed by atoms with Crippen LogP contribution in [0.15, 0.2) is 59.8 Å². The van der Waals surface area contributed by atoms with Gasteiger partial charge in [-0.1, -0.05) is 6.07 Å². The number of nitrogens with zero attached hydrogens (tertiary/aromatic N) is 3. The molecule has 216 valence electrons. The van der Waals surface area contributed by atoms with E-state index in [9.17, 15) is 22.0 Å². The van der Waals surface area contributed by atoms with E-state index >= 15 is 0 Å². The van der Waals surface area contributed by atoms with Crippen molar-refractivity contribution in [3.05, 3.63) is 66.5 Å². The van der Waals surface area contributed by atoms with Crippen LogP contribution in [0.3, 0.4) is 0 Å². The Balaban J connectivity index is 1.70. The summed E-state index contributed by atoms with van der Waals surface area (Å²) >= 11 is 0. The van der Waals surface area contributed by atoms with E-state index in [1.165, 1.54) is 32.7 Å². The van der Waals surface area contributed by atoms with E-state index in [1.807, 2.05) is 0 Å². The first kappa shape index (κ1) is 29.6. The number of aromatic nitrogens is 2. The maximum atomic E-state index is 14.2. The normalized spacial score (nSPS) is 11.5. The lowest BCUT2D eigenvalue weighted by atomic mass is 10.0. The molecule has 0 aliphatic heterocycles. The topological polar surface area (TPSA) is 143 Å². The Kier molecular flexibility index (Phi) is 8.95. The van der Waals surface area contributed by atoms with Gasteiger partial charge in [0, 0.05) is 29.8 Å². The summed E-state index contributed by atoms with van der Waals surface area (Å²) in [4.78, 5) is 22.0. The number of carbonyl (C=O) groups excluding carboxylic acids is 1. The highest BCUT2D eigenvalue weighted by atomic mass is 32.2. The Labute approximate surface area is 234 Å². The third-order valence-corrected chi connectivity index (χ3v) is 7.40.